The number of anilines is 1. The summed E-state index contributed by atoms with van der Waals surface area (Å²) in [6, 6.07) is 15.8. The summed E-state index contributed by atoms with van der Waals surface area (Å²) in [5.41, 5.74) is 3.22. The van der Waals surface area contributed by atoms with Gasteiger partial charge in [0.15, 0.2) is 0 Å². The predicted octanol–water partition coefficient (Wildman–Crippen LogP) is 3.56. The van der Waals surface area contributed by atoms with Gasteiger partial charge < -0.3 is 20.4 Å². The minimum atomic E-state index is -0.0276. The number of carbonyl (C=O) groups is 1. The van der Waals surface area contributed by atoms with Gasteiger partial charge in [-0.3, -0.25) is 4.79 Å². The fourth-order valence-corrected chi connectivity index (χ4v) is 2.96. The summed E-state index contributed by atoms with van der Waals surface area (Å²) in [7, 11) is 0. The monoisotopic (exact) mass is 333 g/mol. The zero-order chi connectivity index (χ0) is 17.1. The van der Waals surface area contributed by atoms with Crippen LogP contribution in [0.4, 0.5) is 5.69 Å². The van der Waals surface area contributed by atoms with Crippen LogP contribution in [-0.2, 0) is 11.2 Å². The van der Waals surface area contributed by atoms with E-state index in [0.29, 0.717) is 25.1 Å². The number of rotatable bonds is 4. The molecule has 0 spiro atoms. The molecule has 0 fully saturated rings. The van der Waals surface area contributed by atoms with Crippen molar-refractivity contribution in [3.8, 4) is 5.75 Å². The van der Waals surface area contributed by atoms with Crippen LogP contribution in [0.2, 0.25) is 0 Å². The Morgan fingerprint density at radius 1 is 1.16 bits per heavy atom. The molecule has 126 valence electrons. The standard InChI is InChI=1S/C20H19N3O2/c24-20(10-9-14-11-21-17-6-2-1-5-16(14)17)23-13-15-12-22-18-7-3-4-8-19(18)25-15/h1-8,11,13,21-22H,9-10,12H2,(H,23,24). The smallest absolute Gasteiger partial charge is 0.224 e. The van der Waals surface area contributed by atoms with Crippen molar-refractivity contribution < 1.29 is 9.53 Å². The van der Waals surface area contributed by atoms with Gasteiger partial charge in [-0.15, -0.1) is 0 Å². The number of aromatic nitrogens is 1. The van der Waals surface area contributed by atoms with E-state index >= 15 is 0 Å². The molecule has 0 saturated carbocycles. The third kappa shape index (κ3) is 3.35. The van der Waals surface area contributed by atoms with E-state index in [9.17, 15) is 4.79 Å². The van der Waals surface area contributed by atoms with Crippen LogP contribution in [0.1, 0.15) is 12.0 Å². The number of carbonyl (C=O) groups excluding carboxylic acids is 1. The SMILES string of the molecule is O=C(CCc1c[nH]c2ccccc12)NC=C1CNc2ccccc2O1. The maximum Gasteiger partial charge on any atom is 0.224 e. The Kier molecular flexibility index (Phi) is 4.12. The molecule has 0 aliphatic carbocycles. The lowest BCUT2D eigenvalue weighted by Crippen LogP contribution is -2.23. The normalized spacial score (nSPS) is 14.6. The number of aryl methyl sites for hydroxylation is 1. The van der Waals surface area contributed by atoms with Gasteiger partial charge in [0.2, 0.25) is 5.91 Å². The highest BCUT2D eigenvalue weighted by Crippen LogP contribution is 2.29. The van der Waals surface area contributed by atoms with Crippen LogP contribution in [0.25, 0.3) is 10.9 Å². The number of ether oxygens (including phenoxy) is 1. The fraction of sp³-hybridized carbons (Fsp3) is 0.150. The number of amides is 1. The minimum Gasteiger partial charge on any atom is -0.456 e. The molecule has 0 unspecified atom stereocenters. The highest BCUT2D eigenvalue weighted by atomic mass is 16.5. The molecule has 0 radical (unpaired) electrons. The van der Waals surface area contributed by atoms with E-state index < -0.39 is 0 Å². The molecule has 3 aromatic rings. The van der Waals surface area contributed by atoms with Gasteiger partial charge in [0.1, 0.15) is 11.5 Å². The van der Waals surface area contributed by atoms with Crippen molar-refractivity contribution in [3.63, 3.8) is 0 Å². The average molecular weight is 333 g/mol. The molecule has 4 rings (SSSR count). The summed E-state index contributed by atoms with van der Waals surface area (Å²) in [6.07, 6.45) is 4.73. The molecule has 1 aliphatic heterocycles. The van der Waals surface area contributed by atoms with Crippen LogP contribution in [0.3, 0.4) is 0 Å². The molecule has 25 heavy (non-hydrogen) atoms. The Hall–Kier alpha value is -3.21. The topological polar surface area (TPSA) is 66.2 Å². The summed E-state index contributed by atoms with van der Waals surface area (Å²) in [5, 5.41) is 7.25. The lowest BCUT2D eigenvalue weighted by atomic mass is 10.1. The van der Waals surface area contributed by atoms with Crippen LogP contribution >= 0.6 is 0 Å². The number of benzene rings is 2. The van der Waals surface area contributed by atoms with E-state index in [4.69, 9.17) is 4.74 Å². The van der Waals surface area contributed by atoms with Gasteiger partial charge in [-0.25, -0.2) is 0 Å². The summed E-state index contributed by atoms with van der Waals surface area (Å²) < 4.78 is 5.77. The number of H-pyrrole nitrogens is 1. The second-order valence-corrected chi connectivity index (χ2v) is 5.99. The fourth-order valence-electron chi connectivity index (χ4n) is 2.96. The van der Waals surface area contributed by atoms with Crippen LogP contribution in [-0.4, -0.2) is 17.4 Å². The molecule has 1 amide bonds. The molecule has 2 heterocycles. The van der Waals surface area contributed by atoms with E-state index in [1.54, 1.807) is 6.20 Å². The lowest BCUT2D eigenvalue weighted by molar-refractivity contribution is -0.120. The Balaban J connectivity index is 1.34. The Bertz CT molecular complexity index is 943. The second kappa shape index (κ2) is 6.73. The van der Waals surface area contributed by atoms with Crippen molar-refractivity contribution in [2.45, 2.75) is 12.8 Å². The van der Waals surface area contributed by atoms with Crippen LogP contribution in [0.5, 0.6) is 5.75 Å². The van der Waals surface area contributed by atoms with Gasteiger partial charge in [0.05, 0.1) is 12.2 Å². The molecule has 5 heteroatoms. The van der Waals surface area contributed by atoms with E-state index in [2.05, 4.69) is 21.7 Å². The van der Waals surface area contributed by atoms with Gasteiger partial charge in [0, 0.05) is 29.7 Å². The number of nitrogens with one attached hydrogen (secondary N) is 3. The van der Waals surface area contributed by atoms with E-state index in [1.165, 1.54) is 5.39 Å². The maximum absolute atomic E-state index is 12.1. The zero-order valence-corrected chi connectivity index (χ0v) is 13.7. The largest absolute Gasteiger partial charge is 0.456 e. The third-order valence-corrected chi connectivity index (χ3v) is 4.27. The van der Waals surface area contributed by atoms with Crippen molar-refractivity contribution in [1.29, 1.82) is 0 Å². The quantitative estimate of drug-likeness (QED) is 0.684. The number of hydrogen-bond donors (Lipinski definition) is 3. The van der Waals surface area contributed by atoms with Crippen molar-refractivity contribution in [2.24, 2.45) is 0 Å². The van der Waals surface area contributed by atoms with E-state index in [-0.39, 0.29) is 5.91 Å². The molecule has 2 aromatic carbocycles. The molecule has 5 nitrogen and oxygen atoms in total. The molecule has 0 bridgehead atoms. The second-order valence-electron chi connectivity index (χ2n) is 5.99. The summed E-state index contributed by atoms with van der Waals surface area (Å²) >= 11 is 0. The molecule has 3 N–H and O–H groups in total. The Morgan fingerprint density at radius 3 is 2.96 bits per heavy atom. The molecule has 1 aliphatic rings. The zero-order valence-electron chi connectivity index (χ0n) is 13.7. The first-order valence-corrected chi connectivity index (χ1v) is 8.34. The first-order valence-electron chi connectivity index (χ1n) is 8.34. The van der Waals surface area contributed by atoms with Gasteiger partial charge in [0.25, 0.3) is 0 Å². The van der Waals surface area contributed by atoms with Crippen molar-refractivity contribution in [2.75, 3.05) is 11.9 Å². The van der Waals surface area contributed by atoms with Gasteiger partial charge in [-0.2, -0.15) is 0 Å². The highest BCUT2D eigenvalue weighted by Gasteiger charge is 2.13. The average Bonchev–Trinajstić information content (AvgIpc) is 3.08. The van der Waals surface area contributed by atoms with Gasteiger partial charge in [-0.05, 0) is 30.2 Å². The third-order valence-electron chi connectivity index (χ3n) is 4.27. The Morgan fingerprint density at radius 2 is 2.00 bits per heavy atom. The molecule has 0 saturated heterocycles. The van der Waals surface area contributed by atoms with Crippen molar-refractivity contribution >= 4 is 22.5 Å². The highest BCUT2D eigenvalue weighted by molar-refractivity contribution is 5.84. The lowest BCUT2D eigenvalue weighted by Gasteiger charge is -2.21. The Labute approximate surface area is 145 Å². The predicted molar refractivity (Wildman–Crippen MR) is 98.4 cm³/mol. The summed E-state index contributed by atoms with van der Waals surface area (Å²) in [6.45, 7) is 0.555. The van der Waals surface area contributed by atoms with Crippen LogP contribution in [0.15, 0.2) is 66.7 Å². The summed E-state index contributed by atoms with van der Waals surface area (Å²) in [4.78, 5) is 15.4. The van der Waals surface area contributed by atoms with Crippen LogP contribution < -0.4 is 15.4 Å². The first kappa shape index (κ1) is 15.3. The number of aromatic amines is 1. The van der Waals surface area contributed by atoms with Gasteiger partial charge in [-0.1, -0.05) is 30.3 Å². The maximum atomic E-state index is 12.1. The number of para-hydroxylation sites is 3. The summed E-state index contributed by atoms with van der Waals surface area (Å²) in [5.74, 6) is 1.44. The molecule has 0 atom stereocenters. The minimum absolute atomic E-state index is 0.0276. The van der Waals surface area contributed by atoms with E-state index in [0.717, 1.165) is 22.5 Å². The van der Waals surface area contributed by atoms with Crippen molar-refractivity contribution in [1.82, 2.24) is 10.3 Å². The molecular formula is C20H19N3O2. The van der Waals surface area contributed by atoms with Crippen molar-refractivity contribution in [3.05, 3.63) is 72.3 Å². The van der Waals surface area contributed by atoms with Crippen LogP contribution in [0, 0.1) is 0 Å². The van der Waals surface area contributed by atoms with Gasteiger partial charge >= 0.3 is 0 Å². The van der Waals surface area contributed by atoms with E-state index in [1.807, 2.05) is 48.7 Å². The number of fused-ring (bicyclic) bond motifs is 2. The molecule has 1 aromatic heterocycles. The first-order chi connectivity index (χ1) is 12.3. The number of hydrogen-bond acceptors (Lipinski definition) is 3. The molecular weight excluding hydrogens is 314 g/mol.